The second kappa shape index (κ2) is 6.65. The molecule has 0 radical (unpaired) electrons. The standard InChI is InChI=1S/C14H19NO4/c1-18-14(17)13-5-3-2-4-11(13)8-15-6-7-19-10-12(15)9-16/h2-5,12,16H,6-10H2,1H3. The average molecular weight is 265 g/mol. The van der Waals surface area contributed by atoms with Gasteiger partial charge in [0.05, 0.1) is 38.5 Å². The van der Waals surface area contributed by atoms with Crippen LogP contribution < -0.4 is 0 Å². The summed E-state index contributed by atoms with van der Waals surface area (Å²) in [5.74, 6) is -0.329. The largest absolute Gasteiger partial charge is 0.465 e. The minimum absolute atomic E-state index is 0.0144. The third-order valence-corrected chi connectivity index (χ3v) is 3.36. The zero-order valence-electron chi connectivity index (χ0n) is 11.0. The molecule has 19 heavy (non-hydrogen) atoms. The van der Waals surface area contributed by atoms with Gasteiger partial charge in [-0.05, 0) is 11.6 Å². The van der Waals surface area contributed by atoms with E-state index in [0.717, 1.165) is 12.1 Å². The van der Waals surface area contributed by atoms with Gasteiger partial charge in [-0.25, -0.2) is 4.79 Å². The number of carbonyl (C=O) groups is 1. The summed E-state index contributed by atoms with van der Waals surface area (Å²) >= 11 is 0. The van der Waals surface area contributed by atoms with Crippen LogP contribution in [-0.2, 0) is 16.0 Å². The first-order valence-electron chi connectivity index (χ1n) is 6.35. The van der Waals surface area contributed by atoms with Crippen molar-refractivity contribution in [2.45, 2.75) is 12.6 Å². The number of rotatable bonds is 4. The first kappa shape index (κ1) is 14.0. The van der Waals surface area contributed by atoms with Crippen molar-refractivity contribution in [3.05, 3.63) is 35.4 Å². The van der Waals surface area contributed by atoms with E-state index in [1.54, 1.807) is 6.07 Å². The van der Waals surface area contributed by atoms with E-state index in [2.05, 4.69) is 4.90 Å². The second-order valence-corrected chi connectivity index (χ2v) is 4.53. The summed E-state index contributed by atoms with van der Waals surface area (Å²) in [7, 11) is 1.38. The molecule has 5 nitrogen and oxygen atoms in total. The van der Waals surface area contributed by atoms with Crippen LogP contribution in [-0.4, -0.2) is 55.5 Å². The van der Waals surface area contributed by atoms with Crippen molar-refractivity contribution in [3.8, 4) is 0 Å². The highest BCUT2D eigenvalue weighted by Crippen LogP contribution is 2.16. The number of carbonyl (C=O) groups excluding carboxylic acids is 1. The number of morpholine rings is 1. The van der Waals surface area contributed by atoms with Crippen molar-refractivity contribution >= 4 is 5.97 Å². The van der Waals surface area contributed by atoms with Gasteiger partial charge in [0.1, 0.15) is 0 Å². The molecule has 1 fully saturated rings. The third kappa shape index (κ3) is 3.32. The van der Waals surface area contributed by atoms with Gasteiger partial charge in [0.2, 0.25) is 0 Å². The van der Waals surface area contributed by atoms with E-state index < -0.39 is 0 Å². The van der Waals surface area contributed by atoms with Gasteiger partial charge in [0, 0.05) is 13.1 Å². The van der Waals surface area contributed by atoms with Gasteiger partial charge in [0.25, 0.3) is 0 Å². The van der Waals surface area contributed by atoms with Crippen LogP contribution in [0.5, 0.6) is 0 Å². The minimum atomic E-state index is -0.329. The minimum Gasteiger partial charge on any atom is -0.465 e. The topological polar surface area (TPSA) is 59.0 Å². The number of ether oxygens (including phenoxy) is 2. The Bertz CT molecular complexity index is 435. The Labute approximate surface area is 112 Å². The fourth-order valence-corrected chi connectivity index (χ4v) is 2.25. The molecule has 1 saturated heterocycles. The predicted molar refractivity (Wildman–Crippen MR) is 69.9 cm³/mol. The summed E-state index contributed by atoms with van der Waals surface area (Å²) in [6.45, 7) is 2.59. The summed E-state index contributed by atoms with van der Waals surface area (Å²) in [6, 6.07) is 7.37. The fraction of sp³-hybridized carbons (Fsp3) is 0.500. The van der Waals surface area contributed by atoms with E-state index in [4.69, 9.17) is 9.47 Å². The molecule has 0 aromatic heterocycles. The normalized spacial score (nSPS) is 20.2. The summed E-state index contributed by atoms with van der Waals surface area (Å²) in [5.41, 5.74) is 1.49. The summed E-state index contributed by atoms with van der Waals surface area (Å²) in [6.07, 6.45) is 0. The van der Waals surface area contributed by atoms with Crippen LogP contribution in [0, 0.1) is 0 Å². The van der Waals surface area contributed by atoms with Crippen molar-refractivity contribution < 1.29 is 19.4 Å². The second-order valence-electron chi connectivity index (χ2n) is 4.53. The molecule has 0 spiro atoms. The summed E-state index contributed by atoms with van der Waals surface area (Å²) < 4.78 is 10.1. The fourth-order valence-electron chi connectivity index (χ4n) is 2.25. The van der Waals surface area contributed by atoms with Crippen LogP contribution in [0.3, 0.4) is 0 Å². The number of methoxy groups -OCH3 is 1. The maximum absolute atomic E-state index is 11.7. The monoisotopic (exact) mass is 265 g/mol. The quantitative estimate of drug-likeness (QED) is 0.811. The lowest BCUT2D eigenvalue weighted by Gasteiger charge is -2.34. The Kier molecular flexibility index (Phi) is 4.90. The zero-order valence-corrected chi connectivity index (χ0v) is 11.0. The molecule has 0 bridgehead atoms. The van der Waals surface area contributed by atoms with Crippen molar-refractivity contribution in [2.24, 2.45) is 0 Å². The van der Waals surface area contributed by atoms with Gasteiger partial charge in [-0.2, -0.15) is 0 Å². The molecule has 0 saturated carbocycles. The van der Waals surface area contributed by atoms with Gasteiger partial charge in [-0.1, -0.05) is 18.2 Å². The van der Waals surface area contributed by atoms with Crippen LogP contribution in [0.1, 0.15) is 15.9 Å². The lowest BCUT2D eigenvalue weighted by atomic mass is 10.1. The van der Waals surface area contributed by atoms with Gasteiger partial charge < -0.3 is 14.6 Å². The highest BCUT2D eigenvalue weighted by molar-refractivity contribution is 5.90. The Hall–Kier alpha value is -1.43. The Morgan fingerprint density at radius 3 is 3.05 bits per heavy atom. The van der Waals surface area contributed by atoms with E-state index in [1.165, 1.54) is 7.11 Å². The number of hydrogen-bond donors (Lipinski definition) is 1. The van der Waals surface area contributed by atoms with E-state index >= 15 is 0 Å². The van der Waals surface area contributed by atoms with Crippen LogP contribution in [0.25, 0.3) is 0 Å². The van der Waals surface area contributed by atoms with Crippen molar-refractivity contribution in [1.29, 1.82) is 0 Å². The van der Waals surface area contributed by atoms with Crippen molar-refractivity contribution in [1.82, 2.24) is 4.90 Å². The van der Waals surface area contributed by atoms with Gasteiger partial charge >= 0.3 is 5.97 Å². The van der Waals surface area contributed by atoms with E-state index in [0.29, 0.717) is 25.3 Å². The third-order valence-electron chi connectivity index (χ3n) is 3.36. The lowest BCUT2D eigenvalue weighted by molar-refractivity contribution is -0.0313. The average Bonchev–Trinajstić information content (AvgIpc) is 2.47. The molecular formula is C14H19NO4. The van der Waals surface area contributed by atoms with Crippen LogP contribution >= 0.6 is 0 Å². The summed E-state index contributed by atoms with van der Waals surface area (Å²) in [5, 5.41) is 9.35. The molecule has 1 aliphatic rings. The smallest absolute Gasteiger partial charge is 0.338 e. The number of hydrogen-bond acceptors (Lipinski definition) is 5. The molecule has 0 aliphatic carbocycles. The lowest BCUT2D eigenvalue weighted by Crippen LogP contribution is -2.47. The van der Waals surface area contributed by atoms with Crippen LogP contribution in [0.2, 0.25) is 0 Å². The molecule has 2 rings (SSSR count). The highest BCUT2D eigenvalue weighted by atomic mass is 16.5. The molecule has 1 aliphatic heterocycles. The Morgan fingerprint density at radius 1 is 1.53 bits per heavy atom. The number of esters is 1. The number of aliphatic hydroxyl groups excluding tert-OH is 1. The molecule has 1 unspecified atom stereocenters. The Balaban J connectivity index is 2.15. The predicted octanol–water partition coefficient (Wildman–Crippen LogP) is 0.666. The van der Waals surface area contributed by atoms with Crippen LogP contribution in [0.4, 0.5) is 0 Å². The van der Waals surface area contributed by atoms with E-state index in [9.17, 15) is 9.90 Å². The Morgan fingerprint density at radius 2 is 2.32 bits per heavy atom. The molecule has 1 heterocycles. The van der Waals surface area contributed by atoms with Gasteiger partial charge in [-0.3, -0.25) is 4.90 Å². The molecular weight excluding hydrogens is 246 g/mol. The maximum Gasteiger partial charge on any atom is 0.338 e. The molecule has 1 aromatic carbocycles. The molecule has 0 amide bonds. The molecule has 1 N–H and O–H groups in total. The number of benzene rings is 1. The van der Waals surface area contributed by atoms with Crippen LogP contribution in [0.15, 0.2) is 24.3 Å². The number of nitrogens with zero attached hydrogens (tertiary/aromatic N) is 1. The van der Waals surface area contributed by atoms with Gasteiger partial charge in [0.15, 0.2) is 0 Å². The molecule has 5 heteroatoms. The van der Waals surface area contributed by atoms with Gasteiger partial charge in [-0.15, -0.1) is 0 Å². The highest BCUT2D eigenvalue weighted by Gasteiger charge is 2.23. The van der Waals surface area contributed by atoms with E-state index in [-0.39, 0.29) is 18.6 Å². The first-order chi connectivity index (χ1) is 9.26. The molecule has 104 valence electrons. The first-order valence-corrected chi connectivity index (χ1v) is 6.35. The molecule has 1 atom stereocenters. The van der Waals surface area contributed by atoms with Crippen molar-refractivity contribution in [3.63, 3.8) is 0 Å². The van der Waals surface area contributed by atoms with E-state index in [1.807, 2.05) is 18.2 Å². The van der Waals surface area contributed by atoms with Crippen molar-refractivity contribution in [2.75, 3.05) is 33.5 Å². The zero-order chi connectivity index (χ0) is 13.7. The number of aliphatic hydroxyl groups is 1. The summed E-state index contributed by atoms with van der Waals surface area (Å²) in [4.78, 5) is 13.8. The SMILES string of the molecule is COC(=O)c1ccccc1CN1CCOCC1CO. The maximum atomic E-state index is 11.7. The molecule has 1 aromatic rings.